The average Bonchev–Trinajstić information content (AvgIpc) is 3.09. The molecular weight excluding hydrogens is 462 g/mol. The fraction of sp³-hybridized carbons (Fsp3) is 0.308. The molecule has 0 bridgehead atoms. The number of rotatable bonds is 5. The van der Waals surface area contributed by atoms with Gasteiger partial charge in [-0.3, -0.25) is 4.72 Å². The third-order valence-corrected chi connectivity index (χ3v) is 7.21. The summed E-state index contributed by atoms with van der Waals surface area (Å²) < 4.78 is 36.5. The fourth-order valence-corrected chi connectivity index (χ4v) is 5.46. The number of hydrogen-bond acceptors (Lipinski definition) is 6. The first-order valence-electron chi connectivity index (χ1n) is 11.3. The van der Waals surface area contributed by atoms with Gasteiger partial charge in [0.1, 0.15) is 10.6 Å². The third kappa shape index (κ3) is 4.55. The van der Waals surface area contributed by atoms with E-state index in [-0.39, 0.29) is 21.9 Å². The van der Waals surface area contributed by atoms with E-state index in [9.17, 15) is 8.42 Å². The number of nitrogens with zero attached hydrogens (tertiary/aromatic N) is 3. The Morgan fingerprint density at radius 3 is 2.26 bits per heavy atom. The maximum absolute atomic E-state index is 13.4. The fourth-order valence-electron chi connectivity index (χ4n) is 4.24. The summed E-state index contributed by atoms with van der Waals surface area (Å²) in [5.74, 6) is 0.366. The van der Waals surface area contributed by atoms with Crippen LogP contribution >= 0.6 is 0 Å². The maximum Gasteiger partial charge on any atom is 0.266 e. The topological polar surface area (TPSA) is 112 Å². The zero-order valence-electron chi connectivity index (χ0n) is 21.1. The zero-order chi connectivity index (χ0) is 25.7. The van der Waals surface area contributed by atoms with Crippen molar-refractivity contribution in [3.8, 4) is 11.4 Å². The molecule has 0 saturated carbocycles. The minimum atomic E-state index is -4.06. The lowest BCUT2D eigenvalue weighted by molar-refractivity contribution is 0.403. The molecule has 2 heterocycles. The number of pyridine rings is 1. The molecular formula is C26H31N5O3S. The van der Waals surface area contributed by atoms with Gasteiger partial charge in [-0.2, -0.15) is 0 Å². The Labute approximate surface area is 206 Å². The smallest absolute Gasteiger partial charge is 0.266 e. The second-order valence-electron chi connectivity index (χ2n) is 9.84. The highest BCUT2D eigenvalue weighted by Crippen LogP contribution is 2.33. The number of methoxy groups -OCH3 is 1. The van der Waals surface area contributed by atoms with Gasteiger partial charge < -0.3 is 10.5 Å². The number of fused-ring (bicyclic) bond motifs is 1. The van der Waals surface area contributed by atoms with Crippen LogP contribution in [0.1, 0.15) is 43.2 Å². The molecule has 8 nitrogen and oxygen atoms in total. The maximum atomic E-state index is 13.4. The van der Waals surface area contributed by atoms with Gasteiger partial charge in [0.15, 0.2) is 11.5 Å². The van der Waals surface area contributed by atoms with Crippen LogP contribution in [0.15, 0.2) is 47.4 Å². The minimum Gasteiger partial charge on any atom is -0.495 e. The number of benzene rings is 2. The Hall–Kier alpha value is -3.59. The first-order chi connectivity index (χ1) is 16.3. The molecule has 184 valence electrons. The van der Waals surface area contributed by atoms with Gasteiger partial charge in [0.05, 0.1) is 18.2 Å². The first kappa shape index (κ1) is 24.5. The van der Waals surface area contributed by atoms with Crippen molar-refractivity contribution in [3.63, 3.8) is 0 Å². The van der Waals surface area contributed by atoms with Crippen molar-refractivity contribution < 1.29 is 13.2 Å². The monoisotopic (exact) mass is 493 g/mol. The number of hydrogen-bond donors (Lipinski definition) is 2. The second kappa shape index (κ2) is 8.57. The van der Waals surface area contributed by atoms with Crippen LogP contribution in [-0.4, -0.2) is 30.3 Å². The lowest BCUT2D eigenvalue weighted by Crippen LogP contribution is -2.15. The van der Waals surface area contributed by atoms with Crippen molar-refractivity contribution in [2.45, 2.75) is 51.9 Å². The molecule has 35 heavy (non-hydrogen) atoms. The number of aryl methyl sites for hydroxylation is 3. The van der Waals surface area contributed by atoms with Gasteiger partial charge >= 0.3 is 0 Å². The normalized spacial score (nSPS) is 12.2. The molecule has 3 N–H and O–H groups in total. The summed E-state index contributed by atoms with van der Waals surface area (Å²) in [5, 5.41) is 5.30. The summed E-state index contributed by atoms with van der Waals surface area (Å²) in [4.78, 5) is 4.85. The van der Waals surface area contributed by atoms with E-state index in [4.69, 9.17) is 20.6 Å². The molecule has 9 heteroatoms. The van der Waals surface area contributed by atoms with E-state index in [0.717, 1.165) is 28.1 Å². The molecule has 4 aromatic rings. The van der Waals surface area contributed by atoms with Crippen molar-refractivity contribution >= 4 is 32.6 Å². The molecule has 0 aliphatic carbocycles. The molecule has 4 rings (SSSR count). The molecule has 0 amide bonds. The summed E-state index contributed by atoms with van der Waals surface area (Å²) >= 11 is 0. The number of sulfonamides is 1. The van der Waals surface area contributed by atoms with E-state index in [1.165, 1.54) is 19.2 Å². The molecule has 0 aliphatic heterocycles. The average molecular weight is 494 g/mol. The number of anilines is 2. The van der Waals surface area contributed by atoms with E-state index < -0.39 is 10.0 Å². The molecule has 0 unspecified atom stereocenters. The van der Waals surface area contributed by atoms with Crippen molar-refractivity contribution in [1.82, 2.24) is 14.8 Å². The molecule has 2 aromatic carbocycles. The quantitative estimate of drug-likeness (QED) is 0.377. The van der Waals surface area contributed by atoms with Gasteiger partial charge in [-0.15, -0.1) is 5.10 Å². The van der Waals surface area contributed by atoms with Crippen molar-refractivity contribution in [1.29, 1.82) is 0 Å². The van der Waals surface area contributed by atoms with Gasteiger partial charge in [0.25, 0.3) is 10.0 Å². The van der Waals surface area contributed by atoms with Crippen LogP contribution in [0.3, 0.4) is 0 Å². The number of nitrogen functional groups attached to an aromatic ring is 1. The standard InChI is InChI=1S/C26H31N5O3S/c1-15-12-16(2)23(17(3)13-15)31-25-19(9-11-22(28-25)26(4,5)6)24(29-31)30-35(32,33)21-14-18(27)8-10-20(21)34-7/h8-14H,27H2,1-7H3,(H,29,30). The van der Waals surface area contributed by atoms with Crippen molar-refractivity contribution in [3.05, 3.63) is 64.8 Å². The summed E-state index contributed by atoms with van der Waals surface area (Å²) in [7, 11) is -2.65. The molecule has 0 saturated heterocycles. The van der Waals surface area contributed by atoms with Crippen LogP contribution in [0.25, 0.3) is 16.7 Å². The van der Waals surface area contributed by atoms with E-state index in [0.29, 0.717) is 16.7 Å². The van der Waals surface area contributed by atoms with E-state index in [1.54, 1.807) is 10.7 Å². The summed E-state index contributed by atoms with van der Waals surface area (Å²) in [6, 6.07) is 12.4. The molecule has 0 spiro atoms. The molecule has 0 radical (unpaired) electrons. The van der Waals surface area contributed by atoms with Crippen LogP contribution in [0.5, 0.6) is 5.75 Å². The van der Waals surface area contributed by atoms with Gasteiger partial charge in [0.2, 0.25) is 0 Å². The number of nitrogens with two attached hydrogens (primary N) is 1. The molecule has 0 aliphatic rings. The highest BCUT2D eigenvalue weighted by atomic mass is 32.2. The highest BCUT2D eigenvalue weighted by molar-refractivity contribution is 7.92. The SMILES string of the molecule is COc1ccc(N)cc1S(=O)(=O)Nc1nn(-c2c(C)cc(C)cc2C)c2nc(C(C)(C)C)ccc12. The minimum absolute atomic E-state index is 0.0651. The Morgan fingerprint density at radius 2 is 1.66 bits per heavy atom. The number of nitrogens with one attached hydrogen (secondary N) is 1. The van der Waals surface area contributed by atoms with Crippen LogP contribution in [0.4, 0.5) is 11.5 Å². The predicted molar refractivity (Wildman–Crippen MR) is 140 cm³/mol. The number of ether oxygens (including phenoxy) is 1. The highest BCUT2D eigenvalue weighted by Gasteiger charge is 2.26. The largest absolute Gasteiger partial charge is 0.495 e. The Balaban J connectivity index is 1.96. The number of aromatic nitrogens is 3. The van der Waals surface area contributed by atoms with Crippen LogP contribution in [0.2, 0.25) is 0 Å². The molecule has 2 aromatic heterocycles. The van der Waals surface area contributed by atoms with Crippen molar-refractivity contribution in [2.75, 3.05) is 17.6 Å². The lowest BCUT2D eigenvalue weighted by Gasteiger charge is -2.18. The van der Waals surface area contributed by atoms with E-state index in [1.807, 2.05) is 32.9 Å². The summed E-state index contributed by atoms with van der Waals surface area (Å²) in [6.07, 6.45) is 0. The Morgan fingerprint density at radius 1 is 1.00 bits per heavy atom. The van der Waals surface area contributed by atoms with Gasteiger partial charge in [-0.05, 0) is 62.2 Å². The van der Waals surface area contributed by atoms with Crippen molar-refractivity contribution in [2.24, 2.45) is 0 Å². The Kier molecular flexibility index (Phi) is 6.00. The summed E-state index contributed by atoms with van der Waals surface area (Å²) in [6.45, 7) is 12.3. The molecule has 0 fully saturated rings. The van der Waals surface area contributed by atoms with Gasteiger partial charge in [-0.25, -0.2) is 18.1 Å². The first-order valence-corrected chi connectivity index (χ1v) is 12.7. The lowest BCUT2D eigenvalue weighted by atomic mass is 9.91. The second-order valence-corrected chi connectivity index (χ2v) is 11.5. The van der Waals surface area contributed by atoms with Crippen LogP contribution in [0, 0.1) is 20.8 Å². The van der Waals surface area contributed by atoms with Gasteiger partial charge in [0, 0.05) is 16.8 Å². The van der Waals surface area contributed by atoms with E-state index >= 15 is 0 Å². The molecule has 0 atom stereocenters. The van der Waals surface area contributed by atoms with Gasteiger partial charge in [-0.1, -0.05) is 38.5 Å². The predicted octanol–water partition coefficient (Wildman–Crippen LogP) is 5.03. The Bertz CT molecular complexity index is 1530. The van der Waals surface area contributed by atoms with Crippen LogP contribution in [-0.2, 0) is 15.4 Å². The third-order valence-electron chi connectivity index (χ3n) is 5.85. The van der Waals surface area contributed by atoms with Crippen LogP contribution < -0.4 is 15.2 Å². The van der Waals surface area contributed by atoms with E-state index in [2.05, 4.69) is 37.6 Å². The summed E-state index contributed by atoms with van der Waals surface area (Å²) in [5.41, 5.74) is 11.5. The zero-order valence-corrected chi connectivity index (χ0v) is 21.9.